The van der Waals surface area contributed by atoms with Crippen LogP contribution in [0.5, 0.6) is 11.5 Å². The van der Waals surface area contributed by atoms with E-state index in [-0.39, 0.29) is 18.4 Å². The Kier molecular flexibility index (Phi) is 6.96. The summed E-state index contributed by atoms with van der Waals surface area (Å²) in [4.78, 5) is 28.5. The van der Waals surface area contributed by atoms with Gasteiger partial charge in [0, 0.05) is 38.0 Å². The van der Waals surface area contributed by atoms with Crippen LogP contribution in [0.2, 0.25) is 0 Å². The highest BCUT2D eigenvalue weighted by atomic mass is 16.5. The maximum Gasteiger partial charge on any atom is 0.242 e. The number of hydrogen-bond acceptors (Lipinski definition) is 4. The lowest BCUT2D eigenvalue weighted by atomic mass is 9.99. The second-order valence-corrected chi connectivity index (χ2v) is 7.46. The summed E-state index contributed by atoms with van der Waals surface area (Å²) in [6, 6.07) is 7.58. The van der Waals surface area contributed by atoms with E-state index in [1.807, 2.05) is 29.2 Å². The van der Waals surface area contributed by atoms with Gasteiger partial charge >= 0.3 is 0 Å². The number of likely N-dealkylation sites (tertiary alicyclic amines) is 2. The molecule has 0 aromatic heterocycles. The predicted octanol–water partition coefficient (Wildman–Crippen LogP) is 2.72. The number of rotatable bonds is 6. The van der Waals surface area contributed by atoms with Crippen LogP contribution in [0.3, 0.4) is 0 Å². The molecule has 2 amide bonds. The minimum atomic E-state index is 0.0660. The predicted molar refractivity (Wildman–Crippen MR) is 103 cm³/mol. The summed E-state index contributed by atoms with van der Waals surface area (Å²) in [6.07, 6.45) is 5.61. The van der Waals surface area contributed by atoms with E-state index in [1.165, 1.54) is 0 Å². The Hall–Kier alpha value is -2.24. The summed E-state index contributed by atoms with van der Waals surface area (Å²) in [5, 5.41) is 0. The minimum absolute atomic E-state index is 0.0660. The molecule has 0 unspecified atom stereocenters. The zero-order valence-electron chi connectivity index (χ0n) is 16.2. The Morgan fingerprint density at radius 3 is 2.85 bits per heavy atom. The standard InChI is InChI=1S/C21H30N2O4/c1-26-18-8-5-9-19(13-18)27-16-17-7-6-12-22(14-17)21(25)15-23-11-4-2-3-10-20(23)24/h5,8-9,13,17H,2-4,6-7,10-12,14-16H2,1H3/t17-/m0/s1. The van der Waals surface area contributed by atoms with Gasteiger partial charge in [0.1, 0.15) is 11.5 Å². The van der Waals surface area contributed by atoms with E-state index in [4.69, 9.17) is 9.47 Å². The highest BCUT2D eigenvalue weighted by Crippen LogP contribution is 2.22. The second-order valence-electron chi connectivity index (χ2n) is 7.46. The van der Waals surface area contributed by atoms with Gasteiger partial charge in [-0.1, -0.05) is 12.5 Å². The van der Waals surface area contributed by atoms with Crippen LogP contribution in [-0.2, 0) is 9.59 Å². The van der Waals surface area contributed by atoms with Gasteiger partial charge in [-0.2, -0.15) is 0 Å². The summed E-state index contributed by atoms with van der Waals surface area (Å²) in [5.41, 5.74) is 0. The van der Waals surface area contributed by atoms with E-state index in [2.05, 4.69) is 0 Å². The molecule has 1 atom stereocenters. The molecule has 2 aliphatic heterocycles. The molecule has 6 heteroatoms. The Balaban J connectivity index is 1.49. The smallest absolute Gasteiger partial charge is 0.242 e. The molecule has 27 heavy (non-hydrogen) atoms. The van der Waals surface area contributed by atoms with Crippen molar-refractivity contribution in [3.05, 3.63) is 24.3 Å². The number of carbonyl (C=O) groups excluding carboxylic acids is 2. The van der Waals surface area contributed by atoms with Crippen molar-refractivity contribution >= 4 is 11.8 Å². The van der Waals surface area contributed by atoms with Gasteiger partial charge in [0.25, 0.3) is 0 Å². The third-order valence-electron chi connectivity index (χ3n) is 5.40. The normalized spacial score (nSPS) is 20.9. The van der Waals surface area contributed by atoms with Crippen molar-refractivity contribution in [1.82, 2.24) is 9.80 Å². The summed E-state index contributed by atoms with van der Waals surface area (Å²) < 4.78 is 11.1. The van der Waals surface area contributed by atoms with Crippen LogP contribution in [0, 0.1) is 5.92 Å². The Morgan fingerprint density at radius 2 is 2.00 bits per heavy atom. The van der Waals surface area contributed by atoms with Crippen molar-refractivity contribution < 1.29 is 19.1 Å². The lowest BCUT2D eigenvalue weighted by Crippen LogP contribution is -2.47. The number of piperidine rings is 1. The van der Waals surface area contributed by atoms with Crippen molar-refractivity contribution in [3.8, 4) is 11.5 Å². The third kappa shape index (κ3) is 5.62. The molecule has 0 saturated carbocycles. The molecule has 3 rings (SSSR count). The lowest BCUT2D eigenvalue weighted by molar-refractivity contribution is -0.141. The average molecular weight is 374 g/mol. The topological polar surface area (TPSA) is 59.1 Å². The van der Waals surface area contributed by atoms with E-state index in [9.17, 15) is 9.59 Å². The van der Waals surface area contributed by atoms with E-state index < -0.39 is 0 Å². The molecule has 1 aromatic carbocycles. The van der Waals surface area contributed by atoms with E-state index in [0.717, 1.165) is 50.1 Å². The van der Waals surface area contributed by atoms with Gasteiger partial charge in [-0.25, -0.2) is 0 Å². The van der Waals surface area contributed by atoms with Crippen LogP contribution < -0.4 is 9.47 Å². The summed E-state index contributed by atoms with van der Waals surface area (Å²) >= 11 is 0. The summed E-state index contributed by atoms with van der Waals surface area (Å²) in [5.74, 6) is 2.06. The SMILES string of the molecule is COc1cccc(OC[C@H]2CCCN(C(=O)CN3CCCCCC3=O)C2)c1. The third-order valence-corrected chi connectivity index (χ3v) is 5.40. The zero-order chi connectivity index (χ0) is 19.1. The molecular weight excluding hydrogens is 344 g/mol. The van der Waals surface area contributed by atoms with Crippen LogP contribution in [0.15, 0.2) is 24.3 Å². The minimum Gasteiger partial charge on any atom is -0.497 e. The number of hydrogen-bond donors (Lipinski definition) is 0. The molecule has 2 aliphatic rings. The van der Waals surface area contributed by atoms with Crippen molar-refractivity contribution in [2.45, 2.75) is 38.5 Å². The number of amides is 2. The first-order valence-electron chi connectivity index (χ1n) is 9.98. The molecule has 2 fully saturated rings. The monoisotopic (exact) mass is 374 g/mol. The number of ether oxygens (including phenoxy) is 2. The summed E-state index contributed by atoms with van der Waals surface area (Å²) in [7, 11) is 1.64. The Labute approximate surface area is 161 Å². The van der Waals surface area contributed by atoms with E-state index in [1.54, 1.807) is 12.0 Å². The lowest BCUT2D eigenvalue weighted by Gasteiger charge is -2.34. The van der Waals surface area contributed by atoms with Gasteiger partial charge in [-0.05, 0) is 37.8 Å². The molecule has 0 radical (unpaired) electrons. The largest absolute Gasteiger partial charge is 0.497 e. The molecule has 148 valence electrons. The highest BCUT2D eigenvalue weighted by Gasteiger charge is 2.27. The number of carbonyl (C=O) groups is 2. The molecule has 0 bridgehead atoms. The first-order chi connectivity index (χ1) is 13.2. The van der Waals surface area contributed by atoms with Crippen molar-refractivity contribution in [2.75, 3.05) is 39.9 Å². The summed E-state index contributed by atoms with van der Waals surface area (Å²) in [6.45, 7) is 2.99. The van der Waals surface area contributed by atoms with Crippen LogP contribution in [-0.4, -0.2) is 61.5 Å². The molecule has 6 nitrogen and oxygen atoms in total. The van der Waals surface area contributed by atoms with Crippen LogP contribution >= 0.6 is 0 Å². The molecule has 0 N–H and O–H groups in total. The second kappa shape index (κ2) is 9.62. The molecule has 1 aromatic rings. The number of methoxy groups -OCH3 is 1. The van der Waals surface area contributed by atoms with E-state index in [0.29, 0.717) is 32.0 Å². The van der Waals surface area contributed by atoms with Gasteiger partial charge in [-0.15, -0.1) is 0 Å². The molecule has 0 spiro atoms. The molecule has 2 heterocycles. The fourth-order valence-electron chi connectivity index (χ4n) is 3.80. The maximum absolute atomic E-state index is 12.7. The van der Waals surface area contributed by atoms with Gasteiger partial charge in [0.05, 0.1) is 20.3 Å². The average Bonchev–Trinajstić information content (AvgIpc) is 2.91. The first-order valence-corrected chi connectivity index (χ1v) is 9.98. The van der Waals surface area contributed by atoms with Gasteiger partial charge in [0.2, 0.25) is 11.8 Å². The van der Waals surface area contributed by atoms with Gasteiger partial charge < -0.3 is 19.3 Å². The quantitative estimate of drug-likeness (QED) is 0.768. The van der Waals surface area contributed by atoms with Crippen molar-refractivity contribution in [3.63, 3.8) is 0 Å². The van der Waals surface area contributed by atoms with Crippen LogP contribution in [0.25, 0.3) is 0 Å². The molecule has 2 saturated heterocycles. The van der Waals surface area contributed by atoms with Crippen molar-refractivity contribution in [2.24, 2.45) is 5.92 Å². The number of nitrogens with zero attached hydrogens (tertiary/aromatic N) is 2. The highest BCUT2D eigenvalue weighted by molar-refractivity contribution is 5.85. The fraction of sp³-hybridized carbons (Fsp3) is 0.619. The first kappa shape index (κ1) is 19.5. The Morgan fingerprint density at radius 1 is 1.15 bits per heavy atom. The Bertz CT molecular complexity index is 649. The van der Waals surface area contributed by atoms with Crippen LogP contribution in [0.4, 0.5) is 0 Å². The van der Waals surface area contributed by atoms with Gasteiger partial charge in [0.15, 0.2) is 0 Å². The number of benzene rings is 1. The van der Waals surface area contributed by atoms with E-state index >= 15 is 0 Å². The van der Waals surface area contributed by atoms with Gasteiger partial charge in [-0.3, -0.25) is 9.59 Å². The molecular formula is C21H30N2O4. The zero-order valence-corrected chi connectivity index (χ0v) is 16.2. The molecule has 0 aliphatic carbocycles. The van der Waals surface area contributed by atoms with Crippen molar-refractivity contribution in [1.29, 1.82) is 0 Å². The van der Waals surface area contributed by atoms with Crippen LogP contribution in [0.1, 0.15) is 38.5 Å². The maximum atomic E-state index is 12.7. The fourth-order valence-corrected chi connectivity index (χ4v) is 3.80.